The van der Waals surface area contributed by atoms with E-state index in [0.29, 0.717) is 11.3 Å². The van der Waals surface area contributed by atoms with Crippen LogP contribution < -0.4 is 5.32 Å². The highest BCUT2D eigenvalue weighted by molar-refractivity contribution is 7.12. The highest BCUT2D eigenvalue weighted by Crippen LogP contribution is 2.42. The molecule has 1 N–H and O–H groups in total. The van der Waals surface area contributed by atoms with Crippen molar-refractivity contribution in [1.82, 2.24) is 5.32 Å². The van der Waals surface area contributed by atoms with Crippen LogP contribution in [-0.2, 0) is 0 Å². The summed E-state index contributed by atoms with van der Waals surface area (Å²) in [5, 5.41) is 5.10. The summed E-state index contributed by atoms with van der Waals surface area (Å²) in [5.41, 5.74) is 0.362. The fourth-order valence-corrected chi connectivity index (χ4v) is 3.85. The lowest BCUT2D eigenvalue weighted by atomic mass is 9.78. The molecule has 0 unspecified atom stereocenters. The molecule has 3 heteroatoms. The lowest BCUT2D eigenvalue weighted by Crippen LogP contribution is -2.36. The number of amides is 1. The molecule has 1 aromatic rings. The molecule has 0 aromatic carbocycles. The van der Waals surface area contributed by atoms with E-state index >= 15 is 0 Å². The molecule has 1 fully saturated rings. The molecule has 1 aliphatic rings. The summed E-state index contributed by atoms with van der Waals surface area (Å²) in [6.45, 7) is 5.41. The topological polar surface area (TPSA) is 29.1 Å². The minimum absolute atomic E-state index is 0.0973. The number of hydrogen-bond donors (Lipinski definition) is 1. The third kappa shape index (κ3) is 3.35. The van der Waals surface area contributed by atoms with Crippen molar-refractivity contribution in [3.63, 3.8) is 0 Å². The maximum atomic E-state index is 12.0. The van der Waals surface area contributed by atoms with Crippen molar-refractivity contribution >= 4 is 17.2 Å². The van der Waals surface area contributed by atoms with Crippen LogP contribution in [0.5, 0.6) is 0 Å². The van der Waals surface area contributed by atoms with Gasteiger partial charge in [0.25, 0.3) is 5.91 Å². The first kappa shape index (κ1) is 13.6. The van der Waals surface area contributed by atoms with Gasteiger partial charge in [-0.1, -0.05) is 32.8 Å². The lowest BCUT2D eigenvalue weighted by molar-refractivity contribution is 0.0926. The molecular formula is C15H23NOS. The first-order chi connectivity index (χ1) is 8.61. The van der Waals surface area contributed by atoms with Crippen molar-refractivity contribution < 1.29 is 4.79 Å². The molecule has 100 valence electrons. The summed E-state index contributed by atoms with van der Waals surface area (Å²) >= 11 is 1.51. The van der Waals surface area contributed by atoms with Gasteiger partial charge in [0, 0.05) is 6.54 Å². The van der Waals surface area contributed by atoms with Gasteiger partial charge in [-0.25, -0.2) is 0 Å². The standard InChI is InChI=1S/C15H23NOS/c1-12(2)10-15(7-3-4-8-15)11-16-14(17)13-6-5-9-18-13/h5-6,9,12H,3-4,7-8,10-11H2,1-2H3,(H,16,17). The Kier molecular flexibility index (Phi) is 4.44. The van der Waals surface area contributed by atoms with Gasteiger partial charge in [-0.15, -0.1) is 11.3 Å². The molecule has 1 aliphatic carbocycles. The molecule has 0 saturated heterocycles. The summed E-state index contributed by atoms with van der Waals surface area (Å²) < 4.78 is 0. The summed E-state index contributed by atoms with van der Waals surface area (Å²) in [4.78, 5) is 12.8. The Bertz CT molecular complexity index is 377. The van der Waals surface area contributed by atoms with Crippen LogP contribution in [-0.4, -0.2) is 12.5 Å². The van der Waals surface area contributed by atoms with Gasteiger partial charge in [0.2, 0.25) is 0 Å². The number of thiophene rings is 1. The average molecular weight is 265 g/mol. The molecule has 0 radical (unpaired) electrons. The fourth-order valence-electron chi connectivity index (χ4n) is 3.21. The molecule has 1 saturated carbocycles. The molecule has 0 aliphatic heterocycles. The number of hydrogen-bond acceptors (Lipinski definition) is 2. The second-order valence-electron chi connectivity index (χ2n) is 5.97. The molecule has 0 bridgehead atoms. The molecular weight excluding hydrogens is 242 g/mol. The van der Waals surface area contributed by atoms with Crippen molar-refractivity contribution in [2.75, 3.05) is 6.54 Å². The van der Waals surface area contributed by atoms with Crippen LogP contribution in [0.4, 0.5) is 0 Å². The van der Waals surface area contributed by atoms with Crippen molar-refractivity contribution in [3.05, 3.63) is 22.4 Å². The smallest absolute Gasteiger partial charge is 0.261 e. The van der Waals surface area contributed by atoms with Crippen molar-refractivity contribution in [1.29, 1.82) is 0 Å². The van der Waals surface area contributed by atoms with Crippen LogP contribution in [0.25, 0.3) is 0 Å². The predicted octanol–water partition coefficient (Wildman–Crippen LogP) is 4.08. The summed E-state index contributed by atoms with van der Waals surface area (Å²) in [6.07, 6.45) is 6.42. The molecule has 2 rings (SSSR count). The van der Waals surface area contributed by atoms with Crippen molar-refractivity contribution in [3.8, 4) is 0 Å². The van der Waals surface area contributed by atoms with Crippen molar-refractivity contribution in [2.24, 2.45) is 11.3 Å². The summed E-state index contributed by atoms with van der Waals surface area (Å²) in [7, 11) is 0. The third-order valence-corrected chi connectivity index (χ3v) is 4.74. The zero-order valence-electron chi connectivity index (χ0n) is 11.4. The molecule has 2 nitrogen and oxygen atoms in total. The van der Waals surface area contributed by atoms with Crippen LogP contribution in [0.15, 0.2) is 17.5 Å². The van der Waals surface area contributed by atoms with Gasteiger partial charge in [-0.2, -0.15) is 0 Å². The SMILES string of the molecule is CC(C)CC1(CNC(=O)c2cccs2)CCCC1. The Labute approximate surface area is 114 Å². The van der Waals surface area contributed by atoms with Gasteiger partial charge in [0.05, 0.1) is 4.88 Å². The number of rotatable bonds is 5. The van der Waals surface area contributed by atoms with Crippen LogP contribution in [0.2, 0.25) is 0 Å². The van der Waals surface area contributed by atoms with E-state index in [4.69, 9.17) is 0 Å². The van der Waals surface area contributed by atoms with Gasteiger partial charge in [-0.05, 0) is 42.0 Å². The minimum Gasteiger partial charge on any atom is -0.351 e. The molecule has 0 spiro atoms. The Morgan fingerprint density at radius 2 is 2.17 bits per heavy atom. The first-order valence-corrected chi connectivity index (χ1v) is 7.81. The van der Waals surface area contributed by atoms with E-state index in [0.717, 1.165) is 11.4 Å². The second kappa shape index (κ2) is 5.87. The molecule has 1 aromatic heterocycles. The van der Waals surface area contributed by atoms with E-state index in [9.17, 15) is 4.79 Å². The largest absolute Gasteiger partial charge is 0.351 e. The van der Waals surface area contributed by atoms with E-state index in [1.807, 2.05) is 17.5 Å². The van der Waals surface area contributed by atoms with Crippen LogP contribution in [0.1, 0.15) is 55.6 Å². The zero-order valence-corrected chi connectivity index (χ0v) is 12.2. The van der Waals surface area contributed by atoms with Gasteiger partial charge in [0.1, 0.15) is 0 Å². The van der Waals surface area contributed by atoms with Gasteiger partial charge >= 0.3 is 0 Å². The Morgan fingerprint density at radius 1 is 1.44 bits per heavy atom. The number of nitrogens with one attached hydrogen (secondary N) is 1. The van der Waals surface area contributed by atoms with Crippen LogP contribution in [0, 0.1) is 11.3 Å². The molecule has 0 atom stereocenters. The predicted molar refractivity (Wildman–Crippen MR) is 77.0 cm³/mol. The Balaban J connectivity index is 1.92. The van der Waals surface area contributed by atoms with E-state index in [-0.39, 0.29) is 5.91 Å². The second-order valence-corrected chi connectivity index (χ2v) is 6.91. The Hall–Kier alpha value is -0.830. The van der Waals surface area contributed by atoms with Gasteiger partial charge in [-0.3, -0.25) is 4.79 Å². The number of carbonyl (C=O) groups excluding carboxylic acids is 1. The molecule has 1 amide bonds. The summed E-state index contributed by atoms with van der Waals surface area (Å²) in [6, 6.07) is 3.82. The molecule has 1 heterocycles. The average Bonchev–Trinajstić information content (AvgIpc) is 2.96. The third-order valence-electron chi connectivity index (χ3n) is 3.87. The van der Waals surface area contributed by atoms with Gasteiger partial charge < -0.3 is 5.32 Å². The van der Waals surface area contributed by atoms with E-state index in [1.54, 1.807) is 0 Å². The first-order valence-electron chi connectivity index (χ1n) is 6.93. The minimum atomic E-state index is 0.0973. The van der Waals surface area contributed by atoms with E-state index in [1.165, 1.54) is 43.4 Å². The van der Waals surface area contributed by atoms with Crippen LogP contribution in [0.3, 0.4) is 0 Å². The Morgan fingerprint density at radius 3 is 2.72 bits per heavy atom. The van der Waals surface area contributed by atoms with Crippen LogP contribution >= 0.6 is 11.3 Å². The quantitative estimate of drug-likeness (QED) is 0.853. The fraction of sp³-hybridized carbons (Fsp3) is 0.667. The highest BCUT2D eigenvalue weighted by Gasteiger charge is 2.34. The normalized spacial score (nSPS) is 18.2. The lowest BCUT2D eigenvalue weighted by Gasteiger charge is -2.31. The zero-order chi connectivity index (χ0) is 13.0. The summed E-state index contributed by atoms with van der Waals surface area (Å²) in [5.74, 6) is 0.807. The van der Waals surface area contributed by atoms with Gasteiger partial charge in [0.15, 0.2) is 0 Å². The van der Waals surface area contributed by atoms with Crippen molar-refractivity contribution in [2.45, 2.75) is 46.0 Å². The monoisotopic (exact) mass is 265 g/mol. The maximum Gasteiger partial charge on any atom is 0.261 e. The van der Waals surface area contributed by atoms with E-state index < -0.39 is 0 Å². The highest BCUT2D eigenvalue weighted by atomic mass is 32.1. The molecule has 18 heavy (non-hydrogen) atoms. The van der Waals surface area contributed by atoms with E-state index in [2.05, 4.69) is 19.2 Å². The maximum absolute atomic E-state index is 12.0. The number of carbonyl (C=O) groups is 1.